The van der Waals surface area contributed by atoms with Gasteiger partial charge in [0.1, 0.15) is 10.3 Å². The van der Waals surface area contributed by atoms with E-state index in [0.29, 0.717) is 5.56 Å². The summed E-state index contributed by atoms with van der Waals surface area (Å²) in [5, 5.41) is 0. The van der Waals surface area contributed by atoms with Crippen LogP contribution in [0.15, 0.2) is 17.8 Å². The lowest BCUT2D eigenvalue weighted by atomic mass is 10.0. The molecule has 0 amide bonds. The highest BCUT2D eigenvalue weighted by Gasteiger charge is 2.11. The van der Waals surface area contributed by atoms with Crippen LogP contribution in [0, 0.1) is 5.92 Å². The molecule has 2 aromatic heterocycles. The number of fused-ring (bicyclic) bond motifs is 1. The Balaban J connectivity index is 2.48. The van der Waals surface area contributed by atoms with Gasteiger partial charge in [-0.2, -0.15) is 0 Å². The summed E-state index contributed by atoms with van der Waals surface area (Å²) in [4.78, 5) is 20.8. The van der Waals surface area contributed by atoms with E-state index < -0.39 is 0 Å². The van der Waals surface area contributed by atoms with Crippen molar-refractivity contribution in [3.05, 3.63) is 23.3 Å². The summed E-state index contributed by atoms with van der Waals surface area (Å²) < 4.78 is 0. The van der Waals surface area contributed by atoms with E-state index in [1.165, 1.54) is 11.3 Å². The minimum absolute atomic E-state index is 0.00730. The number of carbonyl (C=O) groups excluding carboxylic acids is 1. The average Bonchev–Trinajstić information content (AvgIpc) is 2.62. The van der Waals surface area contributed by atoms with Gasteiger partial charge in [0.05, 0.1) is 5.51 Å². The number of carbonyl (C=O) groups is 1. The lowest BCUT2D eigenvalue weighted by Gasteiger charge is -2.02. The van der Waals surface area contributed by atoms with Crippen LogP contribution in [-0.4, -0.2) is 15.8 Å². The number of thiazole rings is 1. The van der Waals surface area contributed by atoms with Crippen LogP contribution in [0.5, 0.6) is 0 Å². The van der Waals surface area contributed by atoms with Gasteiger partial charge in [0, 0.05) is 17.7 Å². The van der Waals surface area contributed by atoms with Gasteiger partial charge in [-0.05, 0) is 6.07 Å². The van der Waals surface area contributed by atoms with E-state index in [4.69, 9.17) is 0 Å². The second-order valence-corrected chi connectivity index (χ2v) is 4.25. The fourth-order valence-corrected chi connectivity index (χ4v) is 1.84. The molecule has 0 radical (unpaired) electrons. The third-order valence-electron chi connectivity index (χ3n) is 2.00. The van der Waals surface area contributed by atoms with Crippen molar-refractivity contribution in [1.82, 2.24) is 9.97 Å². The van der Waals surface area contributed by atoms with E-state index in [9.17, 15) is 4.79 Å². The van der Waals surface area contributed by atoms with E-state index in [0.717, 1.165) is 10.3 Å². The van der Waals surface area contributed by atoms with E-state index in [1.807, 2.05) is 13.8 Å². The van der Waals surface area contributed by atoms with Gasteiger partial charge in [-0.25, -0.2) is 9.97 Å². The molecule has 2 rings (SSSR count). The van der Waals surface area contributed by atoms with E-state index in [2.05, 4.69) is 9.97 Å². The lowest BCUT2D eigenvalue weighted by molar-refractivity contribution is 0.0939. The third kappa shape index (κ3) is 1.53. The summed E-state index contributed by atoms with van der Waals surface area (Å²) in [5.74, 6) is 0.125. The van der Waals surface area contributed by atoms with Crippen molar-refractivity contribution in [3.8, 4) is 0 Å². The number of hydrogen-bond donors (Lipinski definition) is 0. The number of Topliss-reactive ketones (excluding diaryl/α,β-unsaturated/α-hetero) is 1. The molecule has 0 saturated heterocycles. The Labute approximate surface area is 85.8 Å². The molecule has 2 heterocycles. The monoisotopic (exact) mass is 206 g/mol. The summed E-state index contributed by atoms with van der Waals surface area (Å²) >= 11 is 1.48. The maximum atomic E-state index is 11.6. The van der Waals surface area contributed by atoms with E-state index in [-0.39, 0.29) is 11.7 Å². The Morgan fingerprint density at radius 2 is 2.21 bits per heavy atom. The summed E-state index contributed by atoms with van der Waals surface area (Å²) in [6, 6.07) is 1.81. The molecule has 0 unspecified atom stereocenters. The van der Waals surface area contributed by atoms with Crippen LogP contribution in [0.25, 0.3) is 10.3 Å². The van der Waals surface area contributed by atoms with Crippen LogP contribution in [0.2, 0.25) is 0 Å². The summed E-state index contributed by atoms with van der Waals surface area (Å²) in [5.41, 5.74) is 3.20. The molecular weight excluding hydrogens is 196 g/mol. The van der Waals surface area contributed by atoms with Crippen molar-refractivity contribution >= 4 is 27.5 Å². The smallest absolute Gasteiger partial charge is 0.167 e. The second-order valence-electron chi connectivity index (χ2n) is 3.42. The van der Waals surface area contributed by atoms with Crippen molar-refractivity contribution in [1.29, 1.82) is 0 Å². The van der Waals surface area contributed by atoms with Gasteiger partial charge in [0.2, 0.25) is 0 Å². The highest BCUT2D eigenvalue weighted by atomic mass is 32.1. The fraction of sp³-hybridized carbons (Fsp3) is 0.300. The molecule has 0 aromatic carbocycles. The Morgan fingerprint density at radius 3 is 2.93 bits per heavy atom. The molecule has 2 aromatic rings. The zero-order valence-electron chi connectivity index (χ0n) is 8.02. The molecule has 0 aliphatic heterocycles. The zero-order valence-corrected chi connectivity index (χ0v) is 8.84. The molecule has 72 valence electrons. The SMILES string of the molecule is CC(C)C(=O)c1cnc2scnc2c1. The summed E-state index contributed by atoms with van der Waals surface area (Å²) in [6.45, 7) is 3.77. The number of ketones is 1. The van der Waals surface area contributed by atoms with Crippen LogP contribution in [0.4, 0.5) is 0 Å². The first-order valence-corrected chi connectivity index (χ1v) is 5.30. The van der Waals surface area contributed by atoms with Gasteiger partial charge in [-0.1, -0.05) is 13.8 Å². The van der Waals surface area contributed by atoms with Gasteiger partial charge in [0.25, 0.3) is 0 Å². The first kappa shape index (κ1) is 9.27. The first-order valence-electron chi connectivity index (χ1n) is 4.42. The Hall–Kier alpha value is -1.29. The van der Waals surface area contributed by atoms with Crippen LogP contribution < -0.4 is 0 Å². The number of hydrogen-bond acceptors (Lipinski definition) is 4. The molecule has 0 atom stereocenters. The molecule has 0 aliphatic rings. The first-order chi connectivity index (χ1) is 6.68. The highest BCUT2D eigenvalue weighted by Crippen LogP contribution is 2.17. The standard InChI is InChI=1S/C10H10N2OS/c1-6(2)9(13)7-3-8-10(11-4-7)14-5-12-8/h3-6H,1-2H3. The lowest BCUT2D eigenvalue weighted by Crippen LogP contribution is -2.07. The van der Waals surface area contributed by atoms with Crippen LogP contribution >= 0.6 is 11.3 Å². The van der Waals surface area contributed by atoms with Crippen LogP contribution in [0.1, 0.15) is 24.2 Å². The number of pyridine rings is 1. The largest absolute Gasteiger partial charge is 0.294 e. The van der Waals surface area contributed by atoms with E-state index >= 15 is 0 Å². The van der Waals surface area contributed by atoms with Gasteiger partial charge in [0.15, 0.2) is 5.78 Å². The van der Waals surface area contributed by atoms with Gasteiger partial charge in [-0.15, -0.1) is 11.3 Å². The van der Waals surface area contributed by atoms with Crippen molar-refractivity contribution in [3.63, 3.8) is 0 Å². The maximum absolute atomic E-state index is 11.6. The Bertz CT molecular complexity index is 476. The van der Waals surface area contributed by atoms with Crippen molar-refractivity contribution in [2.75, 3.05) is 0 Å². The maximum Gasteiger partial charge on any atom is 0.167 e. The highest BCUT2D eigenvalue weighted by molar-refractivity contribution is 7.16. The molecule has 0 aliphatic carbocycles. The van der Waals surface area contributed by atoms with Crippen molar-refractivity contribution in [2.24, 2.45) is 5.92 Å². The normalized spacial score (nSPS) is 11.1. The summed E-state index contributed by atoms with van der Waals surface area (Å²) in [6.07, 6.45) is 1.63. The molecule has 4 heteroatoms. The van der Waals surface area contributed by atoms with Crippen LogP contribution in [0.3, 0.4) is 0 Å². The van der Waals surface area contributed by atoms with E-state index in [1.54, 1.807) is 17.8 Å². The number of nitrogens with zero attached hydrogens (tertiary/aromatic N) is 2. The molecule has 0 bridgehead atoms. The number of aromatic nitrogens is 2. The quantitative estimate of drug-likeness (QED) is 0.709. The molecule has 14 heavy (non-hydrogen) atoms. The molecule has 0 N–H and O–H groups in total. The molecule has 3 nitrogen and oxygen atoms in total. The minimum Gasteiger partial charge on any atom is -0.294 e. The topological polar surface area (TPSA) is 42.9 Å². The predicted molar refractivity (Wildman–Crippen MR) is 56.6 cm³/mol. The Morgan fingerprint density at radius 1 is 1.43 bits per heavy atom. The molecule has 0 fully saturated rings. The van der Waals surface area contributed by atoms with Gasteiger partial charge >= 0.3 is 0 Å². The van der Waals surface area contributed by atoms with Crippen LogP contribution in [-0.2, 0) is 0 Å². The van der Waals surface area contributed by atoms with Gasteiger partial charge in [-0.3, -0.25) is 4.79 Å². The fourth-order valence-electron chi connectivity index (χ4n) is 1.23. The van der Waals surface area contributed by atoms with Crippen molar-refractivity contribution in [2.45, 2.75) is 13.8 Å². The number of rotatable bonds is 2. The molecule has 0 saturated carbocycles. The second kappa shape index (κ2) is 3.46. The zero-order chi connectivity index (χ0) is 10.1. The average molecular weight is 206 g/mol. The van der Waals surface area contributed by atoms with Crippen molar-refractivity contribution < 1.29 is 4.79 Å². The predicted octanol–water partition coefficient (Wildman–Crippen LogP) is 2.53. The molecule has 0 spiro atoms. The molecular formula is C10H10N2OS. The Kier molecular flexibility index (Phi) is 2.29. The summed E-state index contributed by atoms with van der Waals surface area (Å²) in [7, 11) is 0. The van der Waals surface area contributed by atoms with Gasteiger partial charge < -0.3 is 0 Å². The third-order valence-corrected chi connectivity index (χ3v) is 2.75. The minimum atomic E-state index is 0.00730.